The molecule has 1 fully saturated rings. The van der Waals surface area contributed by atoms with Gasteiger partial charge in [-0.25, -0.2) is 0 Å². The van der Waals surface area contributed by atoms with Gasteiger partial charge in [0, 0.05) is 19.2 Å². The van der Waals surface area contributed by atoms with Crippen molar-refractivity contribution in [2.24, 2.45) is 0 Å². The lowest BCUT2D eigenvalue weighted by Crippen LogP contribution is -2.45. The van der Waals surface area contributed by atoms with Crippen LogP contribution in [0.4, 0.5) is 0 Å². The van der Waals surface area contributed by atoms with Crippen molar-refractivity contribution in [1.29, 1.82) is 0 Å². The van der Waals surface area contributed by atoms with E-state index in [4.69, 9.17) is 9.15 Å². The first-order valence-electron chi connectivity index (χ1n) is 6.80. The molecule has 1 aromatic heterocycles. The Morgan fingerprint density at radius 1 is 1.48 bits per heavy atom. The Hall–Kier alpha value is -2.08. The zero-order chi connectivity index (χ0) is 15.2. The van der Waals surface area contributed by atoms with Crippen LogP contribution in [0.2, 0.25) is 0 Å². The van der Waals surface area contributed by atoms with E-state index in [1.165, 1.54) is 13.2 Å². The standard InChI is InChI=1S/C15H19NO5/c1-11-3-4-12(21-11)5-6-14(17)16-7-8-20-13(10-16)9-15(18)19-2/h3-6,13H,7-10H2,1-2H3/b6-5+. The molecule has 2 rings (SSSR count). The number of aryl methyl sites for hydroxylation is 1. The molecule has 1 atom stereocenters. The number of ether oxygens (including phenoxy) is 2. The van der Waals surface area contributed by atoms with E-state index < -0.39 is 0 Å². The second kappa shape index (κ2) is 7.08. The van der Waals surface area contributed by atoms with Crippen LogP contribution in [-0.4, -0.2) is 49.7 Å². The molecule has 0 N–H and O–H groups in total. The summed E-state index contributed by atoms with van der Waals surface area (Å²) in [4.78, 5) is 25.0. The van der Waals surface area contributed by atoms with Gasteiger partial charge in [0.05, 0.1) is 26.2 Å². The minimum atomic E-state index is -0.337. The van der Waals surface area contributed by atoms with Gasteiger partial charge in [-0.15, -0.1) is 0 Å². The molecule has 6 heteroatoms. The van der Waals surface area contributed by atoms with Crippen LogP contribution >= 0.6 is 0 Å². The molecule has 1 amide bonds. The Labute approximate surface area is 123 Å². The van der Waals surface area contributed by atoms with E-state index in [9.17, 15) is 9.59 Å². The topological polar surface area (TPSA) is 69.0 Å². The summed E-state index contributed by atoms with van der Waals surface area (Å²) in [6.07, 6.45) is 2.95. The van der Waals surface area contributed by atoms with Crippen molar-refractivity contribution < 1.29 is 23.5 Å². The highest BCUT2D eigenvalue weighted by atomic mass is 16.5. The average Bonchev–Trinajstić information content (AvgIpc) is 2.90. The maximum atomic E-state index is 12.1. The molecule has 0 spiro atoms. The number of furan rings is 1. The number of amides is 1. The van der Waals surface area contributed by atoms with Gasteiger partial charge in [-0.05, 0) is 25.1 Å². The van der Waals surface area contributed by atoms with Crippen molar-refractivity contribution in [2.75, 3.05) is 26.8 Å². The lowest BCUT2D eigenvalue weighted by molar-refractivity contribution is -0.148. The predicted molar refractivity (Wildman–Crippen MR) is 75.4 cm³/mol. The van der Waals surface area contributed by atoms with Crippen LogP contribution in [0, 0.1) is 6.92 Å². The Balaban J connectivity index is 1.89. The second-order valence-electron chi connectivity index (χ2n) is 4.84. The molecule has 0 saturated carbocycles. The molecule has 0 aliphatic carbocycles. The fourth-order valence-corrected chi connectivity index (χ4v) is 2.11. The summed E-state index contributed by atoms with van der Waals surface area (Å²) >= 11 is 0. The summed E-state index contributed by atoms with van der Waals surface area (Å²) in [7, 11) is 1.34. The number of rotatable bonds is 4. The lowest BCUT2D eigenvalue weighted by atomic mass is 10.2. The van der Waals surface area contributed by atoms with Crippen molar-refractivity contribution in [3.05, 3.63) is 29.7 Å². The maximum Gasteiger partial charge on any atom is 0.308 e. The first kappa shape index (κ1) is 15.3. The van der Waals surface area contributed by atoms with Crippen molar-refractivity contribution in [3.63, 3.8) is 0 Å². The van der Waals surface area contributed by atoms with E-state index in [1.807, 2.05) is 13.0 Å². The fraction of sp³-hybridized carbons (Fsp3) is 0.467. The normalized spacial score (nSPS) is 19.0. The number of methoxy groups -OCH3 is 1. The highest BCUT2D eigenvalue weighted by molar-refractivity contribution is 5.91. The largest absolute Gasteiger partial charge is 0.469 e. The molecule has 1 aromatic rings. The molecule has 1 unspecified atom stereocenters. The summed E-state index contributed by atoms with van der Waals surface area (Å²) in [5.41, 5.74) is 0. The van der Waals surface area contributed by atoms with E-state index in [1.54, 1.807) is 17.0 Å². The van der Waals surface area contributed by atoms with E-state index in [-0.39, 0.29) is 24.4 Å². The molecule has 6 nitrogen and oxygen atoms in total. The number of hydrogen-bond donors (Lipinski definition) is 0. The van der Waals surface area contributed by atoms with Crippen LogP contribution in [0.3, 0.4) is 0 Å². The van der Waals surface area contributed by atoms with Crippen LogP contribution in [0.25, 0.3) is 6.08 Å². The van der Waals surface area contributed by atoms with E-state index >= 15 is 0 Å². The number of hydrogen-bond acceptors (Lipinski definition) is 5. The minimum Gasteiger partial charge on any atom is -0.469 e. The molecule has 2 heterocycles. The SMILES string of the molecule is COC(=O)CC1CN(C(=O)/C=C/c2ccc(C)o2)CCO1. The van der Waals surface area contributed by atoms with E-state index in [0.29, 0.717) is 25.5 Å². The van der Waals surface area contributed by atoms with Gasteiger partial charge < -0.3 is 18.8 Å². The van der Waals surface area contributed by atoms with Crippen LogP contribution in [0.1, 0.15) is 17.9 Å². The van der Waals surface area contributed by atoms with Gasteiger partial charge in [-0.1, -0.05) is 0 Å². The van der Waals surface area contributed by atoms with Gasteiger partial charge in [0.1, 0.15) is 11.5 Å². The first-order chi connectivity index (χ1) is 10.1. The fourth-order valence-electron chi connectivity index (χ4n) is 2.11. The maximum absolute atomic E-state index is 12.1. The molecule has 1 aliphatic rings. The van der Waals surface area contributed by atoms with Crippen molar-refractivity contribution in [2.45, 2.75) is 19.4 Å². The van der Waals surface area contributed by atoms with Gasteiger partial charge in [0.25, 0.3) is 0 Å². The van der Waals surface area contributed by atoms with Gasteiger partial charge in [-0.3, -0.25) is 9.59 Å². The van der Waals surface area contributed by atoms with Crippen molar-refractivity contribution >= 4 is 18.0 Å². The van der Waals surface area contributed by atoms with Crippen LogP contribution in [0.15, 0.2) is 22.6 Å². The number of esters is 1. The minimum absolute atomic E-state index is 0.123. The summed E-state index contributed by atoms with van der Waals surface area (Å²) in [5.74, 6) is 0.977. The summed E-state index contributed by atoms with van der Waals surface area (Å²) < 4.78 is 15.4. The highest BCUT2D eigenvalue weighted by Gasteiger charge is 2.25. The molecule has 0 radical (unpaired) electrons. The predicted octanol–water partition coefficient (Wildman–Crippen LogP) is 1.39. The van der Waals surface area contributed by atoms with Crippen molar-refractivity contribution in [1.82, 2.24) is 4.90 Å². The Kier molecular flexibility index (Phi) is 5.16. The second-order valence-corrected chi connectivity index (χ2v) is 4.84. The summed E-state index contributed by atoms with van der Waals surface area (Å²) in [6, 6.07) is 3.64. The third-order valence-corrected chi connectivity index (χ3v) is 3.22. The van der Waals surface area contributed by atoms with Gasteiger partial charge in [-0.2, -0.15) is 0 Å². The number of nitrogens with zero attached hydrogens (tertiary/aromatic N) is 1. The summed E-state index contributed by atoms with van der Waals surface area (Å²) in [5, 5.41) is 0. The van der Waals surface area contributed by atoms with Crippen LogP contribution in [0.5, 0.6) is 0 Å². The zero-order valence-electron chi connectivity index (χ0n) is 12.2. The smallest absolute Gasteiger partial charge is 0.308 e. The molecular formula is C15H19NO5. The third kappa shape index (κ3) is 4.46. The Bertz CT molecular complexity index is 534. The van der Waals surface area contributed by atoms with Gasteiger partial charge in [0.2, 0.25) is 5.91 Å². The third-order valence-electron chi connectivity index (χ3n) is 3.22. The molecule has 0 bridgehead atoms. The summed E-state index contributed by atoms with van der Waals surface area (Å²) in [6.45, 7) is 3.16. The monoisotopic (exact) mass is 293 g/mol. The number of carbonyl (C=O) groups is 2. The quantitative estimate of drug-likeness (QED) is 0.620. The Morgan fingerprint density at radius 2 is 2.29 bits per heavy atom. The molecule has 1 aliphatic heterocycles. The molecular weight excluding hydrogens is 274 g/mol. The zero-order valence-corrected chi connectivity index (χ0v) is 12.2. The van der Waals surface area contributed by atoms with Crippen molar-refractivity contribution in [3.8, 4) is 0 Å². The van der Waals surface area contributed by atoms with Crippen LogP contribution in [-0.2, 0) is 19.1 Å². The molecule has 1 saturated heterocycles. The molecule has 0 aromatic carbocycles. The van der Waals surface area contributed by atoms with Gasteiger partial charge >= 0.3 is 5.97 Å². The number of morpholine rings is 1. The highest BCUT2D eigenvalue weighted by Crippen LogP contribution is 2.12. The number of carbonyl (C=O) groups excluding carboxylic acids is 2. The Morgan fingerprint density at radius 3 is 2.95 bits per heavy atom. The average molecular weight is 293 g/mol. The van der Waals surface area contributed by atoms with Crippen LogP contribution < -0.4 is 0 Å². The molecule has 114 valence electrons. The van der Waals surface area contributed by atoms with E-state index in [2.05, 4.69) is 4.74 Å². The van der Waals surface area contributed by atoms with E-state index in [0.717, 1.165) is 5.76 Å². The lowest BCUT2D eigenvalue weighted by Gasteiger charge is -2.31. The van der Waals surface area contributed by atoms with Gasteiger partial charge in [0.15, 0.2) is 0 Å². The first-order valence-corrected chi connectivity index (χ1v) is 6.80. The molecule has 21 heavy (non-hydrogen) atoms.